The quantitative estimate of drug-likeness (QED) is 0.796. The summed E-state index contributed by atoms with van der Waals surface area (Å²) in [6, 6.07) is 8.41. The smallest absolute Gasteiger partial charge is 0.119 e. The SMILES string of the molecule is CCNCC(C)c1ccc(OC(C)C)cc1. The molecule has 0 radical (unpaired) electrons. The number of rotatable bonds is 6. The minimum absolute atomic E-state index is 0.241. The molecule has 2 heteroatoms. The lowest BCUT2D eigenvalue weighted by Crippen LogP contribution is -2.19. The van der Waals surface area contributed by atoms with Crippen molar-refractivity contribution in [3.05, 3.63) is 29.8 Å². The highest BCUT2D eigenvalue weighted by molar-refractivity contribution is 5.29. The minimum Gasteiger partial charge on any atom is -0.491 e. The van der Waals surface area contributed by atoms with E-state index in [-0.39, 0.29) is 6.10 Å². The van der Waals surface area contributed by atoms with Gasteiger partial charge < -0.3 is 10.1 Å². The average molecular weight is 221 g/mol. The van der Waals surface area contributed by atoms with Crippen LogP contribution in [0.15, 0.2) is 24.3 Å². The van der Waals surface area contributed by atoms with Gasteiger partial charge >= 0.3 is 0 Å². The van der Waals surface area contributed by atoms with Crippen LogP contribution in [0.5, 0.6) is 5.75 Å². The van der Waals surface area contributed by atoms with E-state index in [1.807, 2.05) is 13.8 Å². The number of ether oxygens (including phenoxy) is 1. The van der Waals surface area contributed by atoms with Crippen LogP contribution >= 0.6 is 0 Å². The predicted molar refractivity (Wildman–Crippen MR) is 69.2 cm³/mol. The molecule has 1 aromatic carbocycles. The summed E-state index contributed by atoms with van der Waals surface area (Å²) in [7, 11) is 0. The summed E-state index contributed by atoms with van der Waals surface area (Å²) >= 11 is 0. The zero-order chi connectivity index (χ0) is 12.0. The molecule has 0 saturated carbocycles. The zero-order valence-corrected chi connectivity index (χ0v) is 10.8. The van der Waals surface area contributed by atoms with Crippen molar-refractivity contribution >= 4 is 0 Å². The molecule has 0 fully saturated rings. The van der Waals surface area contributed by atoms with Crippen LogP contribution < -0.4 is 10.1 Å². The van der Waals surface area contributed by atoms with Gasteiger partial charge in [0.05, 0.1) is 6.10 Å². The third-order valence-electron chi connectivity index (χ3n) is 2.52. The van der Waals surface area contributed by atoms with Crippen molar-refractivity contribution in [2.24, 2.45) is 0 Å². The average Bonchev–Trinajstić information content (AvgIpc) is 2.26. The largest absolute Gasteiger partial charge is 0.491 e. The van der Waals surface area contributed by atoms with Crippen molar-refractivity contribution in [3.63, 3.8) is 0 Å². The lowest BCUT2D eigenvalue weighted by molar-refractivity contribution is 0.242. The molecule has 0 aliphatic rings. The Labute approximate surface area is 99.0 Å². The first-order chi connectivity index (χ1) is 7.63. The fourth-order valence-electron chi connectivity index (χ4n) is 1.63. The van der Waals surface area contributed by atoms with Gasteiger partial charge in [0.15, 0.2) is 0 Å². The topological polar surface area (TPSA) is 21.3 Å². The van der Waals surface area contributed by atoms with E-state index < -0.39 is 0 Å². The Bertz CT molecular complexity index is 292. The van der Waals surface area contributed by atoms with E-state index in [1.165, 1.54) is 5.56 Å². The van der Waals surface area contributed by atoms with Gasteiger partial charge in [-0.2, -0.15) is 0 Å². The van der Waals surface area contributed by atoms with E-state index in [0.717, 1.165) is 18.8 Å². The molecule has 0 amide bonds. The van der Waals surface area contributed by atoms with Gasteiger partial charge in [-0.1, -0.05) is 26.0 Å². The minimum atomic E-state index is 0.241. The Balaban J connectivity index is 2.56. The summed E-state index contributed by atoms with van der Waals surface area (Å²) in [5.74, 6) is 1.50. The molecule has 1 unspecified atom stereocenters. The van der Waals surface area contributed by atoms with Crippen molar-refractivity contribution in [2.45, 2.75) is 39.7 Å². The molecule has 0 heterocycles. The molecule has 0 aromatic heterocycles. The Morgan fingerprint density at radius 1 is 1.12 bits per heavy atom. The van der Waals surface area contributed by atoms with E-state index in [2.05, 4.69) is 43.4 Å². The number of nitrogens with one attached hydrogen (secondary N) is 1. The molecule has 1 atom stereocenters. The monoisotopic (exact) mass is 221 g/mol. The Morgan fingerprint density at radius 3 is 2.25 bits per heavy atom. The van der Waals surface area contributed by atoms with Gasteiger partial charge in [-0.3, -0.25) is 0 Å². The van der Waals surface area contributed by atoms with Crippen LogP contribution in [0.4, 0.5) is 0 Å². The highest BCUT2D eigenvalue weighted by Crippen LogP contribution is 2.19. The molecule has 0 aliphatic heterocycles. The maximum Gasteiger partial charge on any atom is 0.119 e. The standard InChI is InChI=1S/C14H23NO/c1-5-15-10-12(4)13-6-8-14(9-7-13)16-11(2)3/h6-9,11-12,15H,5,10H2,1-4H3. The Hall–Kier alpha value is -1.02. The molecule has 1 N–H and O–H groups in total. The zero-order valence-electron chi connectivity index (χ0n) is 10.8. The van der Waals surface area contributed by atoms with Crippen LogP contribution in [-0.2, 0) is 0 Å². The third-order valence-corrected chi connectivity index (χ3v) is 2.52. The molecular formula is C14H23NO. The number of hydrogen-bond donors (Lipinski definition) is 1. The first-order valence-corrected chi connectivity index (χ1v) is 6.10. The highest BCUT2D eigenvalue weighted by Gasteiger charge is 2.05. The van der Waals surface area contributed by atoms with Crippen LogP contribution in [0.2, 0.25) is 0 Å². The summed E-state index contributed by atoms with van der Waals surface area (Å²) in [5, 5.41) is 3.36. The second-order valence-electron chi connectivity index (χ2n) is 4.44. The van der Waals surface area contributed by atoms with E-state index >= 15 is 0 Å². The summed E-state index contributed by atoms with van der Waals surface area (Å²) in [4.78, 5) is 0. The molecule has 0 spiro atoms. The molecule has 0 saturated heterocycles. The van der Waals surface area contributed by atoms with Crippen molar-refractivity contribution < 1.29 is 4.74 Å². The molecular weight excluding hydrogens is 198 g/mol. The van der Waals surface area contributed by atoms with Crippen LogP contribution in [0, 0.1) is 0 Å². The molecule has 1 aromatic rings. The lowest BCUT2D eigenvalue weighted by atomic mass is 10.0. The van der Waals surface area contributed by atoms with Gasteiger partial charge in [0, 0.05) is 6.54 Å². The first-order valence-electron chi connectivity index (χ1n) is 6.10. The highest BCUT2D eigenvalue weighted by atomic mass is 16.5. The molecule has 0 bridgehead atoms. The maximum absolute atomic E-state index is 5.61. The van der Waals surface area contributed by atoms with Gasteiger partial charge in [0.1, 0.15) is 5.75 Å². The van der Waals surface area contributed by atoms with Gasteiger partial charge in [0.25, 0.3) is 0 Å². The molecule has 0 aliphatic carbocycles. The van der Waals surface area contributed by atoms with Gasteiger partial charge in [-0.25, -0.2) is 0 Å². The van der Waals surface area contributed by atoms with Gasteiger partial charge in [0.2, 0.25) is 0 Å². The second kappa shape index (κ2) is 6.54. The Morgan fingerprint density at radius 2 is 1.75 bits per heavy atom. The fraction of sp³-hybridized carbons (Fsp3) is 0.571. The van der Waals surface area contributed by atoms with Crippen LogP contribution in [0.3, 0.4) is 0 Å². The number of hydrogen-bond acceptors (Lipinski definition) is 2. The fourth-order valence-corrected chi connectivity index (χ4v) is 1.63. The molecule has 16 heavy (non-hydrogen) atoms. The predicted octanol–water partition coefficient (Wildman–Crippen LogP) is 3.19. The third kappa shape index (κ3) is 4.23. The molecule has 1 rings (SSSR count). The second-order valence-corrected chi connectivity index (χ2v) is 4.44. The van der Waals surface area contributed by atoms with Crippen molar-refractivity contribution in [2.75, 3.05) is 13.1 Å². The van der Waals surface area contributed by atoms with Crippen LogP contribution in [-0.4, -0.2) is 19.2 Å². The van der Waals surface area contributed by atoms with Crippen molar-refractivity contribution in [3.8, 4) is 5.75 Å². The van der Waals surface area contributed by atoms with Crippen molar-refractivity contribution in [1.82, 2.24) is 5.32 Å². The summed E-state index contributed by atoms with van der Waals surface area (Å²) in [5.41, 5.74) is 1.36. The van der Waals surface area contributed by atoms with E-state index in [4.69, 9.17) is 4.74 Å². The number of benzene rings is 1. The maximum atomic E-state index is 5.61. The Kier molecular flexibility index (Phi) is 5.33. The summed E-state index contributed by atoms with van der Waals surface area (Å²) in [6.45, 7) is 10.5. The van der Waals surface area contributed by atoms with E-state index in [1.54, 1.807) is 0 Å². The molecule has 90 valence electrons. The van der Waals surface area contributed by atoms with Crippen molar-refractivity contribution in [1.29, 1.82) is 0 Å². The summed E-state index contributed by atoms with van der Waals surface area (Å²) in [6.07, 6.45) is 0.241. The molecule has 2 nitrogen and oxygen atoms in total. The summed E-state index contributed by atoms with van der Waals surface area (Å²) < 4.78 is 5.61. The lowest BCUT2D eigenvalue weighted by Gasteiger charge is -2.14. The van der Waals surface area contributed by atoms with E-state index in [0.29, 0.717) is 5.92 Å². The van der Waals surface area contributed by atoms with Crippen LogP contribution in [0.1, 0.15) is 39.2 Å². The number of likely N-dealkylation sites (N-methyl/N-ethyl adjacent to an activating group) is 1. The van der Waals surface area contributed by atoms with Crippen LogP contribution in [0.25, 0.3) is 0 Å². The van der Waals surface area contributed by atoms with E-state index in [9.17, 15) is 0 Å². The first kappa shape index (κ1) is 13.0. The van der Waals surface area contributed by atoms with Gasteiger partial charge in [-0.05, 0) is 44.0 Å². The van der Waals surface area contributed by atoms with Gasteiger partial charge in [-0.15, -0.1) is 0 Å². The normalized spacial score (nSPS) is 12.8.